The Kier molecular flexibility index (Phi) is 4.41. The van der Waals surface area contributed by atoms with E-state index in [1.807, 2.05) is 11.8 Å². The number of likely N-dealkylation sites (N-methyl/N-ethyl adjacent to an activating group) is 1. The van der Waals surface area contributed by atoms with Crippen molar-refractivity contribution >= 4 is 15.7 Å². The molecule has 0 aliphatic carbocycles. The van der Waals surface area contributed by atoms with Gasteiger partial charge in [-0.25, -0.2) is 8.42 Å². The molecule has 7 heteroatoms. The number of amides is 1. The van der Waals surface area contributed by atoms with Gasteiger partial charge < -0.3 is 10.0 Å². The third-order valence-corrected chi connectivity index (χ3v) is 6.19. The molecule has 0 saturated carbocycles. The standard InChI is InChI=1S/C13H24N2O4S/c1-13(17)4-6-15(7-5-13)9-12(16)14(2)11-3-8-20(18,19)10-11/h11,17H,3-10H2,1-2H3. The van der Waals surface area contributed by atoms with Crippen LogP contribution in [-0.2, 0) is 14.6 Å². The molecule has 0 aromatic rings. The Bertz CT molecular complexity index is 465. The predicted molar refractivity (Wildman–Crippen MR) is 76.1 cm³/mol. The fraction of sp³-hybridized carbons (Fsp3) is 0.923. The Morgan fingerprint density at radius 2 is 2.00 bits per heavy atom. The monoisotopic (exact) mass is 304 g/mol. The molecule has 1 atom stereocenters. The molecule has 6 nitrogen and oxygen atoms in total. The van der Waals surface area contributed by atoms with E-state index in [2.05, 4.69) is 0 Å². The second kappa shape index (κ2) is 5.61. The summed E-state index contributed by atoms with van der Waals surface area (Å²) in [6.07, 6.45) is 1.88. The van der Waals surface area contributed by atoms with Crippen molar-refractivity contribution in [1.29, 1.82) is 0 Å². The first-order chi connectivity index (χ1) is 9.19. The number of carbonyl (C=O) groups is 1. The molecular formula is C13H24N2O4S. The Hall–Kier alpha value is -0.660. The molecular weight excluding hydrogens is 280 g/mol. The van der Waals surface area contributed by atoms with Crippen LogP contribution in [0.5, 0.6) is 0 Å². The molecule has 2 rings (SSSR count). The van der Waals surface area contributed by atoms with E-state index in [9.17, 15) is 18.3 Å². The maximum Gasteiger partial charge on any atom is 0.236 e. The van der Waals surface area contributed by atoms with Crippen LogP contribution in [0.4, 0.5) is 0 Å². The maximum atomic E-state index is 12.2. The molecule has 0 radical (unpaired) electrons. The van der Waals surface area contributed by atoms with Crippen LogP contribution in [-0.4, -0.2) is 79.1 Å². The number of hydrogen-bond donors (Lipinski definition) is 1. The summed E-state index contributed by atoms with van der Waals surface area (Å²) in [6.45, 7) is 3.54. The highest BCUT2D eigenvalue weighted by Gasteiger charge is 2.34. The number of nitrogens with zero attached hydrogens (tertiary/aromatic N) is 2. The lowest BCUT2D eigenvalue weighted by molar-refractivity contribution is -0.133. The summed E-state index contributed by atoms with van der Waals surface area (Å²) in [7, 11) is -1.27. The lowest BCUT2D eigenvalue weighted by Crippen LogP contribution is -2.48. The SMILES string of the molecule is CN(C(=O)CN1CCC(C)(O)CC1)C1CCS(=O)(=O)C1. The minimum absolute atomic E-state index is 0.0337. The first-order valence-corrected chi connectivity index (χ1v) is 8.91. The van der Waals surface area contributed by atoms with Crippen LogP contribution in [0.2, 0.25) is 0 Å². The number of carbonyl (C=O) groups excluding carboxylic acids is 1. The first-order valence-electron chi connectivity index (χ1n) is 7.09. The molecule has 2 aliphatic heterocycles. The molecule has 2 fully saturated rings. The highest BCUT2D eigenvalue weighted by molar-refractivity contribution is 7.91. The number of sulfone groups is 1. The van der Waals surface area contributed by atoms with E-state index in [-0.39, 0.29) is 23.5 Å². The Labute approximate surface area is 120 Å². The molecule has 1 N–H and O–H groups in total. The van der Waals surface area contributed by atoms with Gasteiger partial charge in [0, 0.05) is 26.2 Å². The van der Waals surface area contributed by atoms with Crippen molar-refractivity contribution in [2.75, 3.05) is 38.2 Å². The van der Waals surface area contributed by atoms with Gasteiger partial charge in [-0.2, -0.15) is 0 Å². The van der Waals surface area contributed by atoms with Gasteiger partial charge in [0.2, 0.25) is 5.91 Å². The fourth-order valence-corrected chi connectivity index (χ4v) is 4.55. The highest BCUT2D eigenvalue weighted by Crippen LogP contribution is 2.21. The molecule has 2 aliphatic rings. The van der Waals surface area contributed by atoms with Gasteiger partial charge in [0.1, 0.15) is 0 Å². The van der Waals surface area contributed by atoms with E-state index < -0.39 is 15.4 Å². The van der Waals surface area contributed by atoms with Crippen molar-refractivity contribution in [1.82, 2.24) is 9.80 Å². The summed E-state index contributed by atoms with van der Waals surface area (Å²) in [5.74, 6) is 0.236. The van der Waals surface area contributed by atoms with Gasteiger partial charge in [-0.05, 0) is 26.2 Å². The summed E-state index contributed by atoms with van der Waals surface area (Å²) in [6, 6.07) is -0.180. The van der Waals surface area contributed by atoms with Crippen molar-refractivity contribution in [3.8, 4) is 0 Å². The molecule has 20 heavy (non-hydrogen) atoms. The van der Waals surface area contributed by atoms with Crippen LogP contribution >= 0.6 is 0 Å². The van der Waals surface area contributed by atoms with E-state index in [1.165, 1.54) is 0 Å². The van der Waals surface area contributed by atoms with Crippen molar-refractivity contribution < 1.29 is 18.3 Å². The topological polar surface area (TPSA) is 77.9 Å². The van der Waals surface area contributed by atoms with Crippen LogP contribution in [0.1, 0.15) is 26.2 Å². The Morgan fingerprint density at radius 1 is 1.40 bits per heavy atom. The summed E-state index contributed by atoms with van der Waals surface area (Å²) in [5, 5.41) is 9.88. The molecule has 0 bridgehead atoms. The largest absolute Gasteiger partial charge is 0.390 e. The minimum atomic E-state index is -2.96. The average molecular weight is 304 g/mol. The zero-order valence-electron chi connectivity index (χ0n) is 12.2. The third kappa shape index (κ3) is 3.93. The van der Waals surface area contributed by atoms with Gasteiger partial charge in [0.25, 0.3) is 0 Å². The Morgan fingerprint density at radius 3 is 2.50 bits per heavy atom. The quantitative estimate of drug-likeness (QED) is 0.759. The molecule has 1 amide bonds. The number of rotatable bonds is 3. The van der Waals surface area contributed by atoms with Gasteiger partial charge in [0.15, 0.2) is 9.84 Å². The van der Waals surface area contributed by atoms with E-state index in [0.717, 1.165) is 0 Å². The van der Waals surface area contributed by atoms with Crippen LogP contribution in [0.15, 0.2) is 0 Å². The van der Waals surface area contributed by atoms with Gasteiger partial charge in [-0.1, -0.05) is 0 Å². The smallest absolute Gasteiger partial charge is 0.236 e. The zero-order valence-corrected chi connectivity index (χ0v) is 13.0. The van der Waals surface area contributed by atoms with Crippen LogP contribution in [0.25, 0.3) is 0 Å². The molecule has 1 unspecified atom stereocenters. The normalized spacial score (nSPS) is 29.2. The summed E-state index contributed by atoms with van der Waals surface area (Å²) >= 11 is 0. The van der Waals surface area contributed by atoms with Crippen LogP contribution < -0.4 is 0 Å². The fourth-order valence-electron chi connectivity index (χ4n) is 2.78. The van der Waals surface area contributed by atoms with Crippen LogP contribution in [0.3, 0.4) is 0 Å². The number of hydrogen-bond acceptors (Lipinski definition) is 5. The van der Waals surface area contributed by atoms with Gasteiger partial charge in [-0.3, -0.25) is 9.69 Å². The Balaban J connectivity index is 1.83. The van der Waals surface area contributed by atoms with E-state index in [0.29, 0.717) is 38.9 Å². The van der Waals surface area contributed by atoms with Gasteiger partial charge in [0.05, 0.1) is 23.7 Å². The molecule has 0 spiro atoms. The molecule has 0 aromatic heterocycles. The van der Waals surface area contributed by atoms with E-state index >= 15 is 0 Å². The molecule has 2 saturated heterocycles. The summed E-state index contributed by atoms with van der Waals surface area (Å²) in [5.41, 5.74) is -0.620. The first kappa shape index (κ1) is 15.7. The van der Waals surface area contributed by atoms with Gasteiger partial charge in [-0.15, -0.1) is 0 Å². The maximum absolute atomic E-state index is 12.2. The minimum Gasteiger partial charge on any atom is -0.390 e. The second-order valence-electron chi connectivity index (χ2n) is 6.33. The third-order valence-electron chi connectivity index (χ3n) is 4.44. The van der Waals surface area contributed by atoms with Crippen molar-refractivity contribution in [3.05, 3.63) is 0 Å². The average Bonchev–Trinajstić information content (AvgIpc) is 2.71. The molecule has 2 heterocycles. The lowest BCUT2D eigenvalue weighted by Gasteiger charge is -2.36. The van der Waals surface area contributed by atoms with Crippen molar-refractivity contribution in [3.63, 3.8) is 0 Å². The predicted octanol–water partition coefficient (Wildman–Crippen LogP) is -0.521. The van der Waals surface area contributed by atoms with E-state index in [4.69, 9.17) is 0 Å². The molecule has 0 aromatic carbocycles. The highest BCUT2D eigenvalue weighted by atomic mass is 32.2. The number of aliphatic hydroxyl groups is 1. The summed E-state index contributed by atoms with van der Waals surface area (Å²) < 4.78 is 22.9. The lowest BCUT2D eigenvalue weighted by atomic mass is 9.94. The molecule has 116 valence electrons. The zero-order chi connectivity index (χ0) is 15.0. The number of likely N-dealkylation sites (tertiary alicyclic amines) is 1. The van der Waals surface area contributed by atoms with E-state index in [1.54, 1.807) is 11.9 Å². The van der Waals surface area contributed by atoms with Crippen molar-refractivity contribution in [2.24, 2.45) is 0 Å². The number of piperidine rings is 1. The second-order valence-corrected chi connectivity index (χ2v) is 8.56. The summed E-state index contributed by atoms with van der Waals surface area (Å²) in [4.78, 5) is 15.8. The van der Waals surface area contributed by atoms with Crippen molar-refractivity contribution in [2.45, 2.75) is 37.8 Å². The van der Waals surface area contributed by atoms with Crippen LogP contribution in [0, 0.1) is 0 Å². The van der Waals surface area contributed by atoms with Gasteiger partial charge >= 0.3 is 0 Å².